The molecule has 30 heavy (non-hydrogen) atoms. The minimum atomic E-state index is -3.80. The maximum atomic E-state index is 12.2. The first-order valence-corrected chi connectivity index (χ1v) is 10.8. The van der Waals surface area contributed by atoms with Crippen LogP contribution in [0.1, 0.15) is 18.4 Å². The van der Waals surface area contributed by atoms with Gasteiger partial charge in [0, 0.05) is 24.9 Å². The smallest absolute Gasteiger partial charge is 0.293 e. The van der Waals surface area contributed by atoms with Crippen molar-refractivity contribution < 1.29 is 22.9 Å². The van der Waals surface area contributed by atoms with Crippen LogP contribution in [-0.2, 0) is 26.1 Å². The number of carbonyl (C=O) groups is 1. The van der Waals surface area contributed by atoms with Crippen LogP contribution < -0.4 is 15.4 Å². The predicted octanol–water partition coefficient (Wildman–Crippen LogP) is 2.23. The first-order valence-electron chi connectivity index (χ1n) is 9.27. The summed E-state index contributed by atoms with van der Waals surface area (Å²) in [6.45, 7) is 0.817. The molecule has 1 unspecified atom stereocenters. The van der Waals surface area contributed by atoms with Gasteiger partial charge in [0.2, 0.25) is 10.0 Å². The number of amides is 1. The van der Waals surface area contributed by atoms with Gasteiger partial charge in [-0.25, -0.2) is 13.1 Å². The summed E-state index contributed by atoms with van der Waals surface area (Å²) in [5, 5.41) is 17.2. The van der Waals surface area contributed by atoms with Crippen molar-refractivity contribution in [3.63, 3.8) is 0 Å². The van der Waals surface area contributed by atoms with Gasteiger partial charge < -0.3 is 15.4 Å². The molecule has 0 bridgehead atoms. The molecule has 1 aliphatic rings. The van der Waals surface area contributed by atoms with E-state index in [1.165, 1.54) is 19.2 Å². The predicted molar refractivity (Wildman–Crippen MR) is 111 cm³/mol. The molecule has 10 nitrogen and oxygen atoms in total. The molecule has 2 aromatic carbocycles. The monoisotopic (exact) mass is 434 g/mol. The van der Waals surface area contributed by atoms with Crippen molar-refractivity contribution in [3.8, 4) is 0 Å². The van der Waals surface area contributed by atoms with Crippen LogP contribution in [0.4, 0.5) is 17.1 Å². The highest BCUT2D eigenvalue weighted by atomic mass is 32.2. The van der Waals surface area contributed by atoms with E-state index < -0.39 is 21.1 Å². The highest BCUT2D eigenvalue weighted by molar-refractivity contribution is 7.89. The molecule has 3 rings (SSSR count). The fraction of sp³-hybridized carbons (Fsp3) is 0.316. The first kappa shape index (κ1) is 21.7. The molecule has 0 radical (unpaired) electrons. The van der Waals surface area contributed by atoms with Crippen LogP contribution in [-0.4, -0.2) is 39.0 Å². The highest BCUT2D eigenvalue weighted by Crippen LogP contribution is 2.28. The fourth-order valence-corrected chi connectivity index (χ4v) is 3.81. The molecule has 0 saturated carbocycles. The third-order valence-corrected chi connectivity index (χ3v) is 6.06. The molecule has 1 amide bonds. The van der Waals surface area contributed by atoms with Crippen LogP contribution in [0.25, 0.3) is 0 Å². The van der Waals surface area contributed by atoms with Crippen molar-refractivity contribution in [1.82, 2.24) is 4.72 Å². The van der Waals surface area contributed by atoms with Gasteiger partial charge in [-0.05, 0) is 49.7 Å². The SMILES string of the molecule is CNS(=O)(=O)c1ccc(NCc2cccc(NC(=O)C3CCCO3)c2)c([N+](=O)[O-])c1. The average Bonchev–Trinajstić information content (AvgIpc) is 3.27. The van der Waals surface area contributed by atoms with Crippen LogP contribution in [0.5, 0.6) is 0 Å². The number of carbonyl (C=O) groups excluding carboxylic acids is 1. The zero-order valence-electron chi connectivity index (χ0n) is 16.3. The van der Waals surface area contributed by atoms with E-state index in [1.807, 2.05) is 0 Å². The lowest BCUT2D eigenvalue weighted by atomic mass is 10.1. The molecule has 1 heterocycles. The zero-order chi connectivity index (χ0) is 21.7. The van der Waals surface area contributed by atoms with Crippen molar-refractivity contribution in [2.45, 2.75) is 30.4 Å². The van der Waals surface area contributed by atoms with Gasteiger partial charge in [-0.3, -0.25) is 14.9 Å². The Balaban J connectivity index is 1.72. The minimum absolute atomic E-state index is 0.184. The number of nitrogens with zero attached hydrogens (tertiary/aromatic N) is 1. The number of hydrogen-bond donors (Lipinski definition) is 3. The Morgan fingerprint density at radius 3 is 2.73 bits per heavy atom. The molecular weight excluding hydrogens is 412 g/mol. The van der Waals surface area contributed by atoms with E-state index in [1.54, 1.807) is 24.3 Å². The maximum Gasteiger partial charge on any atom is 0.293 e. The molecule has 0 aliphatic carbocycles. The molecule has 1 atom stereocenters. The summed E-state index contributed by atoms with van der Waals surface area (Å²) in [6, 6.07) is 10.7. The molecule has 11 heteroatoms. The van der Waals surface area contributed by atoms with Crippen LogP contribution >= 0.6 is 0 Å². The van der Waals surface area contributed by atoms with Gasteiger partial charge in [0.25, 0.3) is 11.6 Å². The molecule has 2 aromatic rings. The average molecular weight is 434 g/mol. The van der Waals surface area contributed by atoms with Crippen molar-refractivity contribution in [3.05, 3.63) is 58.1 Å². The number of benzene rings is 2. The van der Waals surface area contributed by atoms with Crippen molar-refractivity contribution in [1.29, 1.82) is 0 Å². The molecule has 1 saturated heterocycles. The summed E-state index contributed by atoms with van der Waals surface area (Å²) >= 11 is 0. The molecule has 1 aliphatic heterocycles. The van der Waals surface area contributed by atoms with Crippen LogP contribution in [0.2, 0.25) is 0 Å². The van der Waals surface area contributed by atoms with Gasteiger partial charge in [0.05, 0.1) is 9.82 Å². The van der Waals surface area contributed by atoms with E-state index in [4.69, 9.17) is 4.74 Å². The summed E-state index contributed by atoms with van der Waals surface area (Å²) in [5.74, 6) is -0.199. The van der Waals surface area contributed by atoms with E-state index in [0.717, 1.165) is 18.1 Å². The van der Waals surface area contributed by atoms with Gasteiger partial charge in [0.1, 0.15) is 11.8 Å². The van der Waals surface area contributed by atoms with E-state index in [0.29, 0.717) is 18.7 Å². The van der Waals surface area contributed by atoms with Crippen molar-refractivity contribution in [2.75, 3.05) is 24.3 Å². The molecule has 1 fully saturated rings. The minimum Gasteiger partial charge on any atom is -0.375 e. The number of nitro benzene ring substituents is 1. The van der Waals surface area contributed by atoms with Crippen LogP contribution in [0.15, 0.2) is 47.4 Å². The summed E-state index contributed by atoms with van der Waals surface area (Å²) in [7, 11) is -2.56. The Morgan fingerprint density at radius 2 is 2.07 bits per heavy atom. The Hall–Kier alpha value is -3.02. The lowest BCUT2D eigenvalue weighted by Crippen LogP contribution is -2.26. The molecule has 3 N–H and O–H groups in total. The third-order valence-electron chi connectivity index (χ3n) is 4.64. The lowest BCUT2D eigenvalue weighted by Gasteiger charge is -2.12. The van der Waals surface area contributed by atoms with Gasteiger partial charge in [0.15, 0.2) is 0 Å². The lowest BCUT2D eigenvalue weighted by molar-refractivity contribution is -0.384. The van der Waals surface area contributed by atoms with Gasteiger partial charge in [-0.2, -0.15) is 0 Å². The quantitative estimate of drug-likeness (QED) is 0.427. The number of nitro groups is 1. The van der Waals surface area contributed by atoms with Crippen molar-refractivity contribution in [2.24, 2.45) is 0 Å². The maximum absolute atomic E-state index is 12.2. The van der Waals surface area contributed by atoms with Crippen LogP contribution in [0, 0.1) is 10.1 Å². The number of hydrogen-bond acceptors (Lipinski definition) is 7. The highest BCUT2D eigenvalue weighted by Gasteiger charge is 2.23. The molecule has 160 valence electrons. The molecule has 0 aromatic heterocycles. The van der Waals surface area contributed by atoms with Crippen molar-refractivity contribution >= 4 is 33.0 Å². The topological polar surface area (TPSA) is 140 Å². The zero-order valence-corrected chi connectivity index (χ0v) is 17.1. The van der Waals surface area contributed by atoms with Crippen LogP contribution in [0.3, 0.4) is 0 Å². The Labute approximate surface area is 173 Å². The number of rotatable bonds is 8. The second kappa shape index (κ2) is 9.20. The fourth-order valence-electron chi connectivity index (χ4n) is 3.06. The number of nitrogens with one attached hydrogen (secondary N) is 3. The van der Waals surface area contributed by atoms with Gasteiger partial charge >= 0.3 is 0 Å². The Bertz CT molecular complexity index is 1050. The van der Waals surface area contributed by atoms with E-state index in [-0.39, 0.29) is 28.7 Å². The number of sulfonamides is 1. The summed E-state index contributed by atoms with van der Waals surface area (Å²) < 4.78 is 31.3. The Morgan fingerprint density at radius 1 is 1.27 bits per heavy atom. The normalized spacial score (nSPS) is 16.2. The van der Waals surface area contributed by atoms with Gasteiger partial charge in [-0.1, -0.05) is 12.1 Å². The molecular formula is C19H22N4O6S. The second-order valence-electron chi connectivity index (χ2n) is 6.69. The second-order valence-corrected chi connectivity index (χ2v) is 8.57. The third kappa shape index (κ3) is 5.12. The summed E-state index contributed by atoms with van der Waals surface area (Å²) in [6.07, 6.45) is 1.10. The summed E-state index contributed by atoms with van der Waals surface area (Å²) in [4.78, 5) is 22.7. The number of anilines is 2. The van der Waals surface area contributed by atoms with Gasteiger partial charge in [-0.15, -0.1) is 0 Å². The van der Waals surface area contributed by atoms with E-state index in [9.17, 15) is 23.3 Å². The first-order chi connectivity index (χ1) is 14.3. The largest absolute Gasteiger partial charge is 0.375 e. The van der Waals surface area contributed by atoms with E-state index in [2.05, 4.69) is 15.4 Å². The van der Waals surface area contributed by atoms with E-state index >= 15 is 0 Å². The standard InChI is InChI=1S/C19H22N4O6S/c1-20-30(27,28)15-7-8-16(17(11-15)23(25)26)21-12-13-4-2-5-14(10-13)22-19(24)18-6-3-9-29-18/h2,4-5,7-8,10-11,18,20-21H,3,6,9,12H2,1H3,(H,22,24). The number of ether oxygens (including phenoxy) is 1. The molecule has 0 spiro atoms. The Kier molecular flexibility index (Phi) is 6.65. The summed E-state index contributed by atoms with van der Waals surface area (Å²) in [5.41, 5.74) is 1.21.